The van der Waals surface area contributed by atoms with Crippen molar-refractivity contribution >= 4 is 35.1 Å². The Labute approximate surface area is 234 Å². The van der Waals surface area contributed by atoms with Gasteiger partial charge in [-0.15, -0.1) is 11.3 Å². The maximum absolute atomic E-state index is 13.2. The van der Waals surface area contributed by atoms with Gasteiger partial charge in [-0.25, -0.2) is 4.98 Å². The van der Waals surface area contributed by atoms with Crippen LogP contribution in [0.2, 0.25) is 0 Å². The molecule has 2 aromatic rings. The zero-order valence-corrected chi connectivity index (χ0v) is 24.4. The molecule has 0 radical (unpaired) electrons. The van der Waals surface area contributed by atoms with Gasteiger partial charge in [0.05, 0.1) is 5.92 Å². The lowest BCUT2D eigenvalue weighted by Gasteiger charge is -2.26. The summed E-state index contributed by atoms with van der Waals surface area (Å²) < 4.78 is 5.57. The van der Waals surface area contributed by atoms with Crippen LogP contribution in [-0.2, 0) is 25.5 Å². The summed E-state index contributed by atoms with van der Waals surface area (Å²) in [4.78, 5) is 53.4. The van der Waals surface area contributed by atoms with Crippen molar-refractivity contribution in [2.75, 3.05) is 0 Å². The van der Waals surface area contributed by atoms with Gasteiger partial charge in [-0.3, -0.25) is 19.2 Å². The van der Waals surface area contributed by atoms with Gasteiger partial charge in [0, 0.05) is 37.2 Å². The molecule has 9 nitrogen and oxygen atoms in total. The van der Waals surface area contributed by atoms with Crippen molar-refractivity contribution < 1.29 is 29.0 Å². The molecule has 3 N–H and O–H groups in total. The molecule has 39 heavy (non-hydrogen) atoms. The predicted octanol–water partition coefficient (Wildman–Crippen LogP) is 4.78. The third-order valence-corrected chi connectivity index (χ3v) is 7.21. The van der Waals surface area contributed by atoms with E-state index in [-0.39, 0.29) is 35.9 Å². The standard InChI is InChI=1S/C29H41N3O6S/c1-17(2)12-26(34)31-23(18(3)4)15-25(38-20(6)33)28-32-24(16-39-28)27(35)30-22(13-19(5)29(36)37)14-21-10-8-7-9-11-21/h7-11,16-19,22-23,25H,12-15H2,1-6H3,(H,30,35)(H,31,34)(H,36,37). The number of esters is 1. The van der Waals surface area contributed by atoms with Crippen molar-refractivity contribution in [2.24, 2.45) is 17.8 Å². The summed E-state index contributed by atoms with van der Waals surface area (Å²) in [6.07, 6.45) is 0.724. The maximum Gasteiger partial charge on any atom is 0.306 e. The molecule has 4 unspecified atom stereocenters. The van der Waals surface area contributed by atoms with Crippen LogP contribution in [0.15, 0.2) is 35.7 Å². The number of carbonyl (C=O) groups excluding carboxylic acids is 3. The fourth-order valence-electron chi connectivity index (χ4n) is 4.18. The lowest BCUT2D eigenvalue weighted by molar-refractivity contribution is -0.147. The van der Waals surface area contributed by atoms with E-state index >= 15 is 0 Å². The first-order valence-corrected chi connectivity index (χ1v) is 14.2. The first-order chi connectivity index (χ1) is 18.3. The molecule has 0 fully saturated rings. The van der Waals surface area contributed by atoms with Crippen LogP contribution in [0.25, 0.3) is 0 Å². The van der Waals surface area contributed by atoms with Crippen LogP contribution in [-0.4, -0.2) is 45.9 Å². The van der Waals surface area contributed by atoms with Gasteiger partial charge in [0.2, 0.25) is 5.91 Å². The van der Waals surface area contributed by atoms with Crippen LogP contribution >= 0.6 is 11.3 Å². The van der Waals surface area contributed by atoms with Gasteiger partial charge in [0.15, 0.2) is 6.10 Å². The van der Waals surface area contributed by atoms with Crippen LogP contribution < -0.4 is 10.6 Å². The molecule has 0 aliphatic carbocycles. The Hall–Kier alpha value is -3.27. The highest BCUT2D eigenvalue weighted by atomic mass is 32.1. The average Bonchev–Trinajstić information content (AvgIpc) is 3.33. The van der Waals surface area contributed by atoms with E-state index in [1.165, 1.54) is 18.3 Å². The molecule has 4 atom stereocenters. The number of aromatic nitrogens is 1. The van der Waals surface area contributed by atoms with Gasteiger partial charge < -0.3 is 20.5 Å². The number of carbonyl (C=O) groups is 4. The van der Waals surface area contributed by atoms with Gasteiger partial charge in [-0.05, 0) is 30.2 Å². The topological polar surface area (TPSA) is 135 Å². The molecule has 1 aromatic carbocycles. The van der Waals surface area contributed by atoms with E-state index in [1.807, 2.05) is 58.0 Å². The number of nitrogens with zero attached hydrogens (tertiary/aromatic N) is 1. The summed E-state index contributed by atoms with van der Waals surface area (Å²) in [6.45, 7) is 10.8. The molecule has 1 heterocycles. The number of amides is 2. The predicted molar refractivity (Wildman–Crippen MR) is 150 cm³/mol. The van der Waals surface area contributed by atoms with E-state index in [1.54, 1.807) is 12.3 Å². The van der Waals surface area contributed by atoms with E-state index < -0.39 is 35.9 Å². The van der Waals surface area contributed by atoms with Gasteiger partial charge in [-0.2, -0.15) is 0 Å². The quantitative estimate of drug-likeness (QED) is 0.267. The fraction of sp³-hybridized carbons (Fsp3) is 0.552. The van der Waals surface area contributed by atoms with Gasteiger partial charge >= 0.3 is 11.9 Å². The highest BCUT2D eigenvalue weighted by Gasteiger charge is 2.28. The molecule has 1 aromatic heterocycles. The first kappa shape index (κ1) is 31.9. The number of rotatable bonds is 15. The summed E-state index contributed by atoms with van der Waals surface area (Å²) in [7, 11) is 0. The zero-order valence-electron chi connectivity index (χ0n) is 23.6. The van der Waals surface area contributed by atoms with Gasteiger partial charge in [0.25, 0.3) is 5.91 Å². The number of benzene rings is 1. The number of thiazole rings is 1. The Morgan fingerprint density at radius 3 is 2.23 bits per heavy atom. The van der Waals surface area contributed by atoms with Crippen molar-refractivity contribution in [3.63, 3.8) is 0 Å². The maximum atomic E-state index is 13.2. The Morgan fingerprint density at radius 2 is 1.67 bits per heavy atom. The minimum absolute atomic E-state index is 0.0653. The molecule has 2 amide bonds. The molecular formula is C29H41N3O6S. The number of carboxylic acids is 1. The molecule has 214 valence electrons. The SMILES string of the molecule is CC(=O)OC(CC(NC(=O)CC(C)C)C(C)C)c1nc(C(=O)NC(Cc2ccccc2)CC(C)C(=O)O)cs1. The van der Waals surface area contributed by atoms with Crippen LogP contribution in [0.4, 0.5) is 0 Å². The molecule has 2 rings (SSSR count). The van der Waals surface area contributed by atoms with E-state index in [9.17, 15) is 24.3 Å². The van der Waals surface area contributed by atoms with E-state index in [0.29, 0.717) is 24.3 Å². The molecule has 0 aliphatic heterocycles. The number of carboxylic acid groups (broad SMARTS) is 1. The lowest BCUT2D eigenvalue weighted by Crippen LogP contribution is -2.40. The van der Waals surface area contributed by atoms with Crippen LogP contribution in [0.5, 0.6) is 0 Å². The van der Waals surface area contributed by atoms with E-state index in [2.05, 4.69) is 15.6 Å². The molecule has 0 aliphatic rings. The second kappa shape index (κ2) is 15.4. The highest BCUT2D eigenvalue weighted by Crippen LogP contribution is 2.29. The molecular weight excluding hydrogens is 518 g/mol. The zero-order chi connectivity index (χ0) is 29.1. The molecule has 0 saturated carbocycles. The van der Waals surface area contributed by atoms with Crippen molar-refractivity contribution in [3.05, 3.63) is 52.0 Å². The Balaban J connectivity index is 2.20. The van der Waals surface area contributed by atoms with Gasteiger partial charge in [-0.1, -0.05) is 65.0 Å². The fourth-order valence-corrected chi connectivity index (χ4v) is 5.02. The summed E-state index contributed by atoms with van der Waals surface area (Å²) in [5.41, 5.74) is 1.15. The summed E-state index contributed by atoms with van der Waals surface area (Å²) in [5, 5.41) is 17.4. The van der Waals surface area contributed by atoms with Crippen LogP contribution in [0.1, 0.15) is 88.0 Å². The van der Waals surface area contributed by atoms with E-state index in [4.69, 9.17) is 4.74 Å². The third kappa shape index (κ3) is 11.2. The normalized spacial score (nSPS) is 14.4. The number of hydrogen-bond donors (Lipinski definition) is 3. The minimum atomic E-state index is -0.928. The smallest absolute Gasteiger partial charge is 0.306 e. The largest absolute Gasteiger partial charge is 0.481 e. The summed E-state index contributed by atoms with van der Waals surface area (Å²) >= 11 is 1.21. The monoisotopic (exact) mass is 559 g/mol. The molecule has 10 heteroatoms. The number of hydrogen-bond acceptors (Lipinski definition) is 7. The van der Waals surface area contributed by atoms with Crippen molar-refractivity contribution in [2.45, 2.75) is 85.4 Å². The Bertz CT molecular complexity index is 1100. The second-order valence-corrected chi connectivity index (χ2v) is 11.6. The number of nitrogens with one attached hydrogen (secondary N) is 2. The molecule has 0 saturated heterocycles. The van der Waals surface area contributed by atoms with E-state index in [0.717, 1.165) is 5.56 Å². The second-order valence-electron chi connectivity index (χ2n) is 10.8. The highest BCUT2D eigenvalue weighted by molar-refractivity contribution is 7.09. The molecule has 0 bridgehead atoms. The average molecular weight is 560 g/mol. The lowest BCUT2D eigenvalue weighted by atomic mass is 9.96. The van der Waals surface area contributed by atoms with Gasteiger partial charge in [0.1, 0.15) is 10.7 Å². The molecule has 0 spiro atoms. The number of ether oxygens (including phenoxy) is 1. The van der Waals surface area contributed by atoms with Crippen LogP contribution in [0, 0.1) is 17.8 Å². The summed E-state index contributed by atoms with van der Waals surface area (Å²) in [5.74, 6) is -2.25. The van der Waals surface area contributed by atoms with Crippen molar-refractivity contribution in [1.29, 1.82) is 0 Å². The van der Waals surface area contributed by atoms with Crippen LogP contribution in [0.3, 0.4) is 0 Å². The number of aliphatic carboxylic acids is 1. The van der Waals surface area contributed by atoms with Crippen molar-refractivity contribution in [1.82, 2.24) is 15.6 Å². The first-order valence-electron chi connectivity index (χ1n) is 13.3. The minimum Gasteiger partial charge on any atom is -0.481 e. The summed E-state index contributed by atoms with van der Waals surface area (Å²) in [6, 6.07) is 8.88. The Kier molecular flexibility index (Phi) is 12.6. The Morgan fingerprint density at radius 1 is 1.00 bits per heavy atom. The third-order valence-electron chi connectivity index (χ3n) is 6.27. The van der Waals surface area contributed by atoms with Crippen molar-refractivity contribution in [3.8, 4) is 0 Å².